The van der Waals surface area contributed by atoms with Crippen molar-refractivity contribution in [1.82, 2.24) is 0 Å². The number of hydrogen-bond acceptors (Lipinski definition) is 1. The summed E-state index contributed by atoms with van der Waals surface area (Å²) in [6, 6.07) is 0. The second-order valence-electron chi connectivity index (χ2n) is 4.95. The maximum absolute atomic E-state index is 5.62. The number of halogens is 1. The lowest BCUT2D eigenvalue weighted by Gasteiger charge is -2.14. The molecule has 0 rings (SSSR count). The van der Waals surface area contributed by atoms with Gasteiger partial charge < -0.3 is 5.73 Å². The van der Waals surface area contributed by atoms with Gasteiger partial charge in [-0.1, -0.05) is 76.0 Å². The van der Waals surface area contributed by atoms with Crippen LogP contribution in [0.4, 0.5) is 0 Å². The lowest BCUT2D eigenvalue weighted by molar-refractivity contribution is 0.411. The van der Waals surface area contributed by atoms with E-state index in [2.05, 4.69) is 13.0 Å². The molecule has 102 valence electrons. The van der Waals surface area contributed by atoms with Gasteiger partial charge in [-0.05, 0) is 25.3 Å². The Hall–Kier alpha value is -0.0100. The molecule has 0 spiro atoms. The van der Waals surface area contributed by atoms with Crippen LogP contribution in [0.25, 0.3) is 0 Å². The first-order chi connectivity index (χ1) is 8.35. The normalized spacial score (nSPS) is 13.4. The number of hydrogen-bond donors (Lipinski definition) is 1. The van der Waals surface area contributed by atoms with Gasteiger partial charge in [0.15, 0.2) is 0 Å². The van der Waals surface area contributed by atoms with Crippen molar-refractivity contribution >= 4 is 11.6 Å². The summed E-state index contributed by atoms with van der Waals surface area (Å²) in [4.78, 5) is 0. The molecular weight excluding hydrogens is 230 g/mol. The molecule has 0 saturated carbocycles. The van der Waals surface area contributed by atoms with Crippen molar-refractivity contribution in [1.29, 1.82) is 0 Å². The highest BCUT2D eigenvalue weighted by Gasteiger charge is 2.06. The number of unbranched alkanes of at least 4 members (excludes halogenated alkanes) is 5. The third kappa shape index (κ3) is 12.2. The molecule has 0 aliphatic heterocycles. The smallest absolute Gasteiger partial charge is 0.000256 e. The molecule has 2 heteroatoms. The molecule has 1 atom stereocenters. The number of nitrogens with two attached hydrogens (primary N) is 1. The third-order valence-corrected chi connectivity index (χ3v) is 3.52. The van der Waals surface area contributed by atoms with Crippen LogP contribution in [0.1, 0.15) is 71.1 Å². The minimum Gasteiger partial charge on any atom is -0.330 e. The average molecular weight is 260 g/mol. The molecule has 0 aromatic heterocycles. The van der Waals surface area contributed by atoms with Crippen molar-refractivity contribution in [2.24, 2.45) is 11.7 Å². The van der Waals surface area contributed by atoms with Gasteiger partial charge in [-0.15, -0.1) is 0 Å². The Morgan fingerprint density at radius 1 is 1.00 bits per heavy atom. The fourth-order valence-electron chi connectivity index (χ4n) is 2.24. The standard InChI is InChI=1S/C15H30ClN/c1-2-3-6-10-15(12-9-13-16)11-7-4-5-8-14-17/h9,13,15H,2-8,10-12,14,17H2,1H3. The molecule has 1 unspecified atom stereocenters. The summed E-state index contributed by atoms with van der Waals surface area (Å²) in [6.45, 7) is 3.11. The van der Waals surface area contributed by atoms with Crippen molar-refractivity contribution in [2.75, 3.05) is 6.54 Å². The molecule has 0 amide bonds. The van der Waals surface area contributed by atoms with Crippen LogP contribution < -0.4 is 5.73 Å². The lowest BCUT2D eigenvalue weighted by Crippen LogP contribution is -2.01. The van der Waals surface area contributed by atoms with Gasteiger partial charge in [-0.2, -0.15) is 0 Å². The zero-order valence-corrected chi connectivity index (χ0v) is 12.2. The van der Waals surface area contributed by atoms with E-state index in [9.17, 15) is 0 Å². The van der Waals surface area contributed by atoms with Crippen molar-refractivity contribution < 1.29 is 0 Å². The van der Waals surface area contributed by atoms with E-state index >= 15 is 0 Å². The second-order valence-corrected chi connectivity index (χ2v) is 5.20. The molecule has 0 fully saturated rings. The average Bonchev–Trinajstić information content (AvgIpc) is 2.35. The Kier molecular flexibility index (Phi) is 14.0. The van der Waals surface area contributed by atoms with Crippen LogP contribution in [0.3, 0.4) is 0 Å². The Morgan fingerprint density at radius 3 is 2.24 bits per heavy atom. The van der Waals surface area contributed by atoms with E-state index in [0.717, 1.165) is 18.9 Å². The van der Waals surface area contributed by atoms with E-state index in [1.54, 1.807) is 5.54 Å². The maximum Gasteiger partial charge on any atom is 0.000256 e. The Labute approximate surface area is 113 Å². The molecule has 0 heterocycles. The third-order valence-electron chi connectivity index (χ3n) is 3.34. The largest absolute Gasteiger partial charge is 0.330 e. The maximum atomic E-state index is 5.62. The lowest BCUT2D eigenvalue weighted by atomic mass is 9.92. The molecule has 0 aliphatic rings. The zero-order chi connectivity index (χ0) is 12.8. The van der Waals surface area contributed by atoms with Gasteiger partial charge in [-0.25, -0.2) is 0 Å². The summed E-state index contributed by atoms with van der Waals surface area (Å²) in [5, 5.41) is 0. The predicted octanol–water partition coefficient (Wildman–Crippen LogP) is 5.23. The van der Waals surface area contributed by atoms with E-state index in [4.69, 9.17) is 17.3 Å². The van der Waals surface area contributed by atoms with Crippen LogP contribution in [0.15, 0.2) is 11.6 Å². The molecule has 0 aliphatic carbocycles. The quantitative estimate of drug-likeness (QED) is 0.477. The summed E-state index contributed by atoms with van der Waals surface area (Å²) < 4.78 is 0. The predicted molar refractivity (Wildman–Crippen MR) is 79.4 cm³/mol. The van der Waals surface area contributed by atoms with E-state index in [1.165, 1.54) is 57.8 Å². The van der Waals surface area contributed by atoms with Crippen LogP contribution in [0.2, 0.25) is 0 Å². The second kappa shape index (κ2) is 14.1. The van der Waals surface area contributed by atoms with Crippen LogP contribution >= 0.6 is 11.6 Å². The van der Waals surface area contributed by atoms with Gasteiger partial charge in [-0.3, -0.25) is 0 Å². The van der Waals surface area contributed by atoms with Gasteiger partial charge in [0.05, 0.1) is 0 Å². The SMILES string of the molecule is CCCCCC(CC=CCl)CCCCCCN. The highest BCUT2D eigenvalue weighted by atomic mass is 35.5. The first kappa shape index (κ1) is 17.0. The number of rotatable bonds is 12. The van der Waals surface area contributed by atoms with Crippen LogP contribution in [0, 0.1) is 5.92 Å². The monoisotopic (exact) mass is 259 g/mol. The van der Waals surface area contributed by atoms with E-state index in [-0.39, 0.29) is 0 Å². The molecule has 17 heavy (non-hydrogen) atoms. The molecule has 0 aromatic rings. The van der Waals surface area contributed by atoms with Gasteiger partial charge in [0.25, 0.3) is 0 Å². The highest BCUT2D eigenvalue weighted by Crippen LogP contribution is 2.21. The van der Waals surface area contributed by atoms with Crippen molar-refractivity contribution in [3.63, 3.8) is 0 Å². The first-order valence-electron chi connectivity index (χ1n) is 7.30. The Morgan fingerprint density at radius 2 is 1.65 bits per heavy atom. The molecule has 0 radical (unpaired) electrons. The van der Waals surface area contributed by atoms with Crippen LogP contribution in [0.5, 0.6) is 0 Å². The van der Waals surface area contributed by atoms with Crippen molar-refractivity contribution in [3.05, 3.63) is 11.6 Å². The summed E-state index contributed by atoms with van der Waals surface area (Å²) in [5.41, 5.74) is 7.16. The van der Waals surface area contributed by atoms with Gasteiger partial charge in [0.2, 0.25) is 0 Å². The molecule has 0 aromatic carbocycles. The fourth-order valence-corrected chi connectivity index (χ4v) is 2.34. The van der Waals surface area contributed by atoms with Gasteiger partial charge >= 0.3 is 0 Å². The van der Waals surface area contributed by atoms with E-state index in [0.29, 0.717) is 0 Å². The minimum atomic E-state index is 0.842. The summed E-state index contributed by atoms with van der Waals surface area (Å²) in [7, 11) is 0. The minimum absolute atomic E-state index is 0.842. The Balaban J connectivity index is 3.61. The topological polar surface area (TPSA) is 26.0 Å². The first-order valence-corrected chi connectivity index (χ1v) is 7.74. The summed E-state index contributed by atoms with van der Waals surface area (Å²) >= 11 is 5.62. The highest BCUT2D eigenvalue weighted by molar-refractivity contribution is 6.25. The molecule has 0 bridgehead atoms. The molecule has 1 nitrogen and oxygen atoms in total. The summed E-state index contributed by atoms with van der Waals surface area (Å²) in [6.07, 6.45) is 15.2. The van der Waals surface area contributed by atoms with Gasteiger partial charge in [0, 0.05) is 5.54 Å². The zero-order valence-electron chi connectivity index (χ0n) is 11.5. The Bertz CT molecular complexity index is 168. The molecular formula is C15H30ClN. The summed E-state index contributed by atoms with van der Waals surface area (Å²) in [5.74, 6) is 0.842. The molecule has 0 saturated heterocycles. The van der Waals surface area contributed by atoms with Crippen molar-refractivity contribution in [2.45, 2.75) is 71.1 Å². The fraction of sp³-hybridized carbons (Fsp3) is 0.867. The van der Waals surface area contributed by atoms with Crippen molar-refractivity contribution in [3.8, 4) is 0 Å². The van der Waals surface area contributed by atoms with Crippen LogP contribution in [-0.2, 0) is 0 Å². The van der Waals surface area contributed by atoms with Crippen LogP contribution in [-0.4, -0.2) is 6.54 Å². The van der Waals surface area contributed by atoms with Gasteiger partial charge in [0.1, 0.15) is 0 Å². The van der Waals surface area contributed by atoms with E-state index in [1.807, 2.05) is 0 Å². The molecule has 2 N–H and O–H groups in total. The van der Waals surface area contributed by atoms with E-state index < -0.39 is 0 Å². The number of allylic oxidation sites excluding steroid dienone is 1.